The van der Waals surface area contributed by atoms with Crippen molar-refractivity contribution in [3.05, 3.63) is 65.2 Å². The molecule has 0 saturated carbocycles. The van der Waals surface area contributed by atoms with E-state index < -0.39 is 35.6 Å². The van der Waals surface area contributed by atoms with Gasteiger partial charge in [-0.3, -0.25) is 9.59 Å². The van der Waals surface area contributed by atoms with Crippen molar-refractivity contribution in [1.82, 2.24) is 10.2 Å². The molecule has 2 aromatic carbocycles. The predicted octanol–water partition coefficient (Wildman–Crippen LogP) is 5.14. The van der Waals surface area contributed by atoms with E-state index in [0.717, 1.165) is 17.5 Å². The molecule has 0 aliphatic rings. The second kappa shape index (κ2) is 12.9. The van der Waals surface area contributed by atoms with Crippen molar-refractivity contribution in [2.45, 2.75) is 72.6 Å². The van der Waals surface area contributed by atoms with E-state index in [0.29, 0.717) is 11.3 Å². The number of hydrogen-bond acceptors (Lipinski definition) is 5. The molecule has 0 spiro atoms. The van der Waals surface area contributed by atoms with Crippen LogP contribution in [0.5, 0.6) is 0 Å². The smallest absolute Gasteiger partial charge is 0.408 e. The van der Waals surface area contributed by atoms with Gasteiger partial charge in [0.05, 0.1) is 6.07 Å². The molecule has 8 nitrogen and oxygen atoms in total. The highest BCUT2D eigenvalue weighted by molar-refractivity contribution is 5.99. The lowest BCUT2D eigenvalue weighted by molar-refractivity contribution is -0.140. The van der Waals surface area contributed by atoms with Gasteiger partial charge in [0.1, 0.15) is 24.2 Å². The molecule has 0 bridgehead atoms. The molecule has 2 atom stereocenters. The number of anilines is 1. The van der Waals surface area contributed by atoms with E-state index >= 15 is 0 Å². The maximum absolute atomic E-state index is 13.9. The van der Waals surface area contributed by atoms with Gasteiger partial charge in [-0.1, -0.05) is 63.2 Å². The molecule has 0 fully saturated rings. The van der Waals surface area contributed by atoms with Crippen LogP contribution in [0, 0.1) is 24.2 Å². The Balaban J connectivity index is 2.51. The number of aryl methyl sites for hydroxylation is 2. The molecule has 2 rings (SSSR count). The fourth-order valence-electron chi connectivity index (χ4n) is 3.82. The summed E-state index contributed by atoms with van der Waals surface area (Å²) in [5.41, 5.74) is 2.36. The minimum absolute atomic E-state index is 0.330. The summed E-state index contributed by atoms with van der Waals surface area (Å²) in [6.45, 7) is 12.3. The summed E-state index contributed by atoms with van der Waals surface area (Å²) in [6.07, 6.45) is 0.0702. The molecule has 0 radical (unpaired) electrons. The lowest BCUT2D eigenvalue weighted by atomic mass is 9.97. The van der Waals surface area contributed by atoms with Crippen LogP contribution >= 0.6 is 0 Å². The van der Waals surface area contributed by atoms with Crippen LogP contribution < -0.4 is 10.6 Å². The third kappa shape index (κ3) is 8.35. The molecular formula is C29H38N4O4. The first-order valence-corrected chi connectivity index (χ1v) is 12.5. The number of hydrogen-bond donors (Lipinski definition) is 2. The average molecular weight is 507 g/mol. The minimum Gasteiger partial charge on any atom is -0.444 e. The highest BCUT2D eigenvalue weighted by atomic mass is 16.6. The molecule has 0 aliphatic heterocycles. The van der Waals surface area contributed by atoms with Gasteiger partial charge >= 0.3 is 6.09 Å². The van der Waals surface area contributed by atoms with E-state index in [9.17, 15) is 19.6 Å². The summed E-state index contributed by atoms with van der Waals surface area (Å²) in [5, 5.41) is 15.2. The zero-order valence-electron chi connectivity index (χ0n) is 22.8. The minimum atomic E-state index is -1.10. The quantitative estimate of drug-likeness (QED) is 0.458. The van der Waals surface area contributed by atoms with Crippen molar-refractivity contribution in [3.63, 3.8) is 0 Å². The average Bonchev–Trinajstić information content (AvgIpc) is 2.82. The van der Waals surface area contributed by atoms with E-state index in [2.05, 4.69) is 10.6 Å². The molecule has 0 saturated heterocycles. The van der Waals surface area contributed by atoms with Crippen molar-refractivity contribution < 1.29 is 19.1 Å². The van der Waals surface area contributed by atoms with E-state index in [-0.39, 0.29) is 12.5 Å². The molecule has 2 aromatic rings. The Bertz CT molecular complexity index is 1130. The number of nitrogens with one attached hydrogen (secondary N) is 2. The third-order valence-corrected chi connectivity index (χ3v) is 5.80. The van der Waals surface area contributed by atoms with E-state index in [1.54, 1.807) is 52.8 Å². The lowest BCUT2D eigenvalue weighted by Gasteiger charge is -2.34. The Morgan fingerprint density at radius 2 is 1.68 bits per heavy atom. The van der Waals surface area contributed by atoms with Crippen molar-refractivity contribution in [2.75, 3.05) is 11.9 Å². The largest absolute Gasteiger partial charge is 0.444 e. The standard InChI is InChI=1S/C29H38N4O4/c1-8-21-13-15-22(16-14-21)25(26(34)31-23-12-10-9-11-20(23)4)33(18-17-30)27(35)24(19(2)3)32-28(36)37-29(5,6)7/h9-16,19,24-25H,8,18H2,1-7H3,(H,31,34)(H,32,36). The maximum Gasteiger partial charge on any atom is 0.408 e. The van der Waals surface area contributed by atoms with Crippen molar-refractivity contribution in [1.29, 1.82) is 5.26 Å². The number of carbonyl (C=O) groups is 3. The zero-order chi connectivity index (χ0) is 27.8. The maximum atomic E-state index is 13.9. The van der Waals surface area contributed by atoms with Gasteiger partial charge < -0.3 is 20.3 Å². The number of amides is 3. The van der Waals surface area contributed by atoms with Crippen molar-refractivity contribution in [2.24, 2.45) is 5.92 Å². The van der Waals surface area contributed by atoms with Crippen LogP contribution in [-0.2, 0) is 20.7 Å². The molecule has 8 heteroatoms. The van der Waals surface area contributed by atoms with Gasteiger partial charge in [0.15, 0.2) is 0 Å². The summed E-state index contributed by atoms with van der Waals surface area (Å²) >= 11 is 0. The van der Waals surface area contributed by atoms with Crippen LogP contribution in [0.4, 0.5) is 10.5 Å². The molecule has 0 aliphatic carbocycles. The first-order chi connectivity index (χ1) is 17.4. The Labute approximate surface area is 220 Å². The Morgan fingerprint density at radius 3 is 2.19 bits per heavy atom. The third-order valence-electron chi connectivity index (χ3n) is 5.80. The number of alkyl carbamates (subject to hydrolysis) is 1. The highest BCUT2D eigenvalue weighted by Gasteiger charge is 2.37. The van der Waals surface area contributed by atoms with Crippen LogP contribution in [0.25, 0.3) is 0 Å². The van der Waals surface area contributed by atoms with E-state index in [1.165, 1.54) is 4.90 Å². The number of benzene rings is 2. The van der Waals surface area contributed by atoms with Gasteiger partial charge in [0.25, 0.3) is 5.91 Å². The monoisotopic (exact) mass is 506 g/mol. The van der Waals surface area contributed by atoms with Crippen LogP contribution in [0.15, 0.2) is 48.5 Å². The molecule has 37 heavy (non-hydrogen) atoms. The van der Waals surface area contributed by atoms with Crippen molar-refractivity contribution in [3.8, 4) is 6.07 Å². The molecule has 0 heterocycles. The van der Waals surface area contributed by atoms with Crippen LogP contribution in [-0.4, -0.2) is 41.0 Å². The van der Waals surface area contributed by atoms with Crippen LogP contribution in [0.2, 0.25) is 0 Å². The first kappa shape index (κ1) is 29.4. The molecule has 3 amide bonds. The van der Waals surface area contributed by atoms with Crippen LogP contribution in [0.1, 0.15) is 64.3 Å². The fraction of sp³-hybridized carbons (Fsp3) is 0.448. The first-order valence-electron chi connectivity index (χ1n) is 12.5. The van der Waals surface area contributed by atoms with Gasteiger partial charge in [0.2, 0.25) is 5.91 Å². The normalized spacial score (nSPS) is 12.7. The topological polar surface area (TPSA) is 112 Å². The molecule has 2 N–H and O–H groups in total. The second-order valence-corrected chi connectivity index (χ2v) is 10.3. The van der Waals surface area contributed by atoms with Gasteiger partial charge in [0, 0.05) is 5.69 Å². The summed E-state index contributed by atoms with van der Waals surface area (Å²) < 4.78 is 5.35. The Morgan fingerprint density at radius 1 is 1.05 bits per heavy atom. The van der Waals surface area contributed by atoms with Gasteiger partial charge in [-0.25, -0.2) is 4.79 Å². The second-order valence-electron chi connectivity index (χ2n) is 10.3. The Hall–Kier alpha value is -3.86. The number of carbonyl (C=O) groups excluding carboxylic acids is 3. The van der Waals surface area contributed by atoms with Gasteiger partial charge in [-0.2, -0.15) is 5.26 Å². The number of ether oxygens (including phenoxy) is 1. The summed E-state index contributed by atoms with van der Waals surface area (Å²) in [4.78, 5) is 41.3. The van der Waals surface area contributed by atoms with E-state index in [4.69, 9.17) is 4.74 Å². The number of nitrogens with zero attached hydrogens (tertiary/aromatic N) is 2. The zero-order valence-corrected chi connectivity index (χ0v) is 22.8. The van der Waals surface area contributed by atoms with Crippen molar-refractivity contribution >= 4 is 23.6 Å². The van der Waals surface area contributed by atoms with E-state index in [1.807, 2.05) is 50.2 Å². The fourth-order valence-corrected chi connectivity index (χ4v) is 3.82. The summed E-state index contributed by atoms with van der Waals surface area (Å²) in [5.74, 6) is -1.34. The SMILES string of the molecule is CCc1ccc(C(C(=O)Nc2ccccc2C)N(CC#N)C(=O)C(NC(=O)OC(C)(C)C)C(C)C)cc1. The van der Waals surface area contributed by atoms with Gasteiger partial charge in [-0.15, -0.1) is 0 Å². The number of para-hydroxylation sites is 1. The molecular weight excluding hydrogens is 468 g/mol. The number of nitriles is 1. The molecule has 0 aromatic heterocycles. The molecule has 2 unspecified atom stereocenters. The highest BCUT2D eigenvalue weighted by Crippen LogP contribution is 2.26. The summed E-state index contributed by atoms with van der Waals surface area (Å²) in [7, 11) is 0. The van der Waals surface area contributed by atoms with Crippen LogP contribution in [0.3, 0.4) is 0 Å². The predicted molar refractivity (Wildman–Crippen MR) is 144 cm³/mol. The number of rotatable bonds is 9. The lowest BCUT2D eigenvalue weighted by Crippen LogP contribution is -2.54. The van der Waals surface area contributed by atoms with Gasteiger partial charge in [-0.05, 0) is 62.8 Å². The molecule has 198 valence electrons. The summed E-state index contributed by atoms with van der Waals surface area (Å²) in [6, 6.07) is 14.6. The Kier molecular flexibility index (Phi) is 10.2.